The lowest BCUT2D eigenvalue weighted by Crippen LogP contribution is -2.50. The van der Waals surface area contributed by atoms with Crippen molar-refractivity contribution in [1.82, 2.24) is 29.3 Å². The number of alkyl halides is 2. The summed E-state index contributed by atoms with van der Waals surface area (Å²) >= 11 is 0. The second-order valence-corrected chi connectivity index (χ2v) is 11.6. The number of aliphatic hydroxyl groups is 1. The van der Waals surface area contributed by atoms with E-state index in [0.717, 1.165) is 25.7 Å². The summed E-state index contributed by atoms with van der Waals surface area (Å²) in [6, 6.07) is 1.70. The Morgan fingerprint density at radius 3 is 2.49 bits per heavy atom. The summed E-state index contributed by atoms with van der Waals surface area (Å²) < 4.78 is 36.1. The lowest BCUT2D eigenvalue weighted by Gasteiger charge is -2.36. The standard InChI is InChI=1S/C27H36F2N8O4/c1-27(2,3)41-26(40)35-12-10-34(11-13-35)21-8-9-36-24(32-21)19(14-30-36)25(39)31-20-15-37(33-22(20)23(28)29)18-6-4-17(16-38)5-7-18/h8-9,14-15,17-18,23,38H,4-7,10-13,16H2,1-3H3,(H,31,39)/t17-,18-. The average molecular weight is 575 g/mol. The fourth-order valence-corrected chi connectivity index (χ4v) is 5.27. The van der Waals surface area contributed by atoms with E-state index in [2.05, 4.69) is 20.5 Å². The first-order chi connectivity index (χ1) is 19.5. The third-order valence-corrected chi connectivity index (χ3v) is 7.52. The van der Waals surface area contributed by atoms with E-state index in [-0.39, 0.29) is 41.6 Å². The Morgan fingerprint density at radius 2 is 1.85 bits per heavy atom. The van der Waals surface area contributed by atoms with E-state index in [9.17, 15) is 23.5 Å². The molecule has 2 fully saturated rings. The molecule has 4 heterocycles. The van der Waals surface area contributed by atoms with Crippen LogP contribution in [-0.2, 0) is 4.74 Å². The Labute approximate surface area is 236 Å². The van der Waals surface area contributed by atoms with Crippen LogP contribution in [0.2, 0.25) is 0 Å². The van der Waals surface area contributed by atoms with Gasteiger partial charge in [0.25, 0.3) is 12.3 Å². The number of aromatic nitrogens is 5. The van der Waals surface area contributed by atoms with E-state index in [1.165, 1.54) is 21.6 Å². The first-order valence-electron chi connectivity index (χ1n) is 13.9. The van der Waals surface area contributed by atoms with Gasteiger partial charge in [0, 0.05) is 45.2 Å². The molecule has 3 aromatic rings. The van der Waals surface area contributed by atoms with Crippen LogP contribution in [0, 0.1) is 5.92 Å². The van der Waals surface area contributed by atoms with Crippen LogP contribution in [0.5, 0.6) is 0 Å². The highest BCUT2D eigenvalue weighted by Crippen LogP contribution is 2.34. The van der Waals surface area contributed by atoms with Crippen molar-refractivity contribution in [2.45, 2.75) is 64.5 Å². The minimum Gasteiger partial charge on any atom is -0.444 e. The monoisotopic (exact) mass is 574 g/mol. The molecule has 0 aromatic carbocycles. The van der Waals surface area contributed by atoms with Gasteiger partial charge in [0.1, 0.15) is 17.0 Å². The maximum absolute atomic E-state index is 13.9. The molecule has 2 N–H and O–H groups in total. The van der Waals surface area contributed by atoms with Crippen LogP contribution in [0.15, 0.2) is 24.7 Å². The molecule has 41 heavy (non-hydrogen) atoms. The summed E-state index contributed by atoms with van der Waals surface area (Å²) in [6.45, 7) is 7.55. The van der Waals surface area contributed by atoms with E-state index in [1.54, 1.807) is 17.2 Å². The molecule has 12 nitrogen and oxygen atoms in total. The number of anilines is 2. The van der Waals surface area contributed by atoms with E-state index >= 15 is 0 Å². The van der Waals surface area contributed by atoms with Gasteiger partial charge in [-0.25, -0.2) is 23.1 Å². The SMILES string of the molecule is CC(C)(C)OC(=O)N1CCN(c2ccn3ncc(C(=O)Nc4cn([C@H]5CC[C@H](CO)CC5)nc4C(F)F)c3n2)CC1. The number of rotatable bonds is 6. The van der Waals surface area contributed by atoms with Crippen molar-refractivity contribution >= 4 is 29.2 Å². The van der Waals surface area contributed by atoms with Crippen LogP contribution in [-0.4, -0.2) is 84.8 Å². The molecule has 14 heteroatoms. The normalized spacial score (nSPS) is 20.1. The fourth-order valence-electron chi connectivity index (χ4n) is 5.27. The van der Waals surface area contributed by atoms with Crippen LogP contribution in [0.25, 0.3) is 5.65 Å². The predicted molar refractivity (Wildman–Crippen MR) is 146 cm³/mol. The van der Waals surface area contributed by atoms with Crippen LogP contribution >= 0.6 is 0 Å². The summed E-state index contributed by atoms with van der Waals surface area (Å²) in [5.41, 5.74) is -0.703. The van der Waals surface area contributed by atoms with Crippen molar-refractivity contribution in [3.63, 3.8) is 0 Å². The van der Waals surface area contributed by atoms with Crippen molar-refractivity contribution in [3.05, 3.63) is 35.9 Å². The number of aliphatic hydroxyl groups excluding tert-OH is 1. The van der Waals surface area contributed by atoms with Crippen LogP contribution in [0.1, 0.15) is 75.0 Å². The lowest BCUT2D eigenvalue weighted by atomic mass is 9.87. The largest absolute Gasteiger partial charge is 0.444 e. The first-order valence-corrected chi connectivity index (χ1v) is 13.9. The highest BCUT2D eigenvalue weighted by atomic mass is 19.3. The molecule has 0 radical (unpaired) electrons. The number of hydrogen-bond acceptors (Lipinski definition) is 8. The number of ether oxygens (including phenoxy) is 1. The Balaban J connectivity index is 1.29. The van der Waals surface area contributed by atoms with Gasteiger partial charge in [-0.1, -0.05) is 0 Å². The summed E-state index contributed by atoms with van der Waals surface area (Å²) in [5.74, 6) is 0.206. The number of carbonyl (C=O) groups is 2. The molecule has 0 unspecified atom stereocenters. The van der Waals surface area contributed by atoms with Crippen molar-refractivity contribution in [3.8, 4) is 0 Å². The average Bonchev–Trinajstić information content (AvgIpc) is 3.56. The number of amides is 2. The van der Waals surface area contributed by atoms with Crippen molar-refractivity contribution in [2.75, 3.05) is 43.0 Å². The van der Waals surface area contributed by atoms with E-state index in [1.807, 2.05) is 25.7 Å². The molecule has 2 aliphatic rings. The zero-order chi connectivity index (χ0) is 29.3. The molecule has 1 saturated heterocycles. The Bertz CT molecular complexity index is 1390. The smallest absolute Gasteiger partial charge is 0.410 e. The maximum Gasteiger partial charge on any atom is 0.410 e. The maximum atomic E-state index is 13.9. The second-order valence-electron chi connectivity index (χ2n) is 11.6. The number of nitrogens with zero attached hydrogens (tertiary/aromatic N) is 7. The minimum atomic E-state index is -2.87. The van der Waals surface area contributed by atoms with Crippen molar-refractivity contribution in [2.24, 2.45) is 5.92 Å². The molecule has 222 valence electrons. The molecule has 3 aromatic heterocycles. The number of halogens is 2. The van der Waals surface area contributed by atoms with Gasteiger partial charge in [0.15, 0.2) is 11.3 Å². The number of nitrogens with one attached hydrogen (secondary N) is 1. The van der Waals surface area contributed by atoms with Crippen LogP contribution in [0.3, 0.4) is 0 Å². The fraction of sp³-hybridized carbons (Fsp3) is 0.593. The zero-order valence-electron chi connectivity index (χ0n) is 23.5. The quantitative estimate of drug-likeness (QED) is 0.454. The van der Waals surface area contributed by atoms with Gasteiger partial charge in [-0.05, 0) is 58.4 Å². The Morgan fingerprint density at radius 1 is 1.15 bits per heavy atom. The third-order valence-electron chi connectivity index (χ3n) is 7.52. The van der Waals surface area contributed by atoms with Gasteiger partial charge in [-0.15, -0.1) is 0 Å². The Kier molecular flexibility index (Phi) is 8.11. The summed E-state index contributed by atoms with van der Waals surface area (Å²) in [5, 5.41) is 20.3. The third kappa shape index (κ3) is 6.42. The molecule has 0 spiro atoms. The molecule has 2 amide bonds. The highest BCUT2D eigenvalue weighted by Gasteiger charge is 2.29. The van der Waals surface area contributed by atoms with Crippen LogP contribution in [0.4, 0.5) is 25.1 Å². The van der Waals surface area contributed by atoms with E-state index in [4.69, 9.17) is 4.74 Å². The molecule has 1 aliphatic carbocycles. The summed E-state index contributed by atoms with van der Waals surface area (Å²) in [6.07, 6.45) is 4.28. The summed E-state index contributed by atoms with van der Waals surface area (Å²) in [7, 11) is 0. The molecular weight excluding hydrogens is 538 g/mol. The van der Waals surface area contributed by atoms with Gasteiger partial charge in [-0.2, -0.15) is 10.2 Å². The minimum absolute atomic E-state index is 0.0527. The first kappa shape index (κ1) is 28.7. The molecule has 5 rings (SSSR count). The zero-order valence-corrected chi connectivity index (χ0v) is 23.5. The van der Waals surface area contributed by atoms with Gasteiger partial charge in [0.2, 0.25) is 0 Å². The van der Waals surface area contributed by atoms with Gasteiger partial charge in [0.05, 0.1) is 17.9 Å². The topological polar surface area (TPSA) is 130 Å². The number of carbonyl (C=O) groups excluding carboxylic acids is 2. The van der Waals surface area contributed by atoms with Gasteiger partial charge >= 0.3 is 6.09 Å². The van der Waals surface area contributed by atoms with Crippen molar-refractivity contribution in [1.29, 1.82) is 0 Å². The number of fused-ring (bicyclic) bond motifs is 1. The van der Waals surface area contributed by atoms with Crippen molar-refractivity contribution < 1.29 is 28.2 Å². The van der Waals surface area contributed by atoms with Gasteiger partial charge < -0.3 is 25.0 Å². The molecule has 1 aliphatic heterocycles. The molecule has 0 atom stereocenters. The molecule has 1 saturated carbocycles. The predicted octanol–water partition coefficient (Wildman–Crippen LogP) is 3.90. The van der Waals surface area contributed by atoms with E-state index < -0.39 is 23.6 Å². The molecule has 0 bridgehead atoms. The Hall–Kier alpha value is -3.81. The van der Waals surface area contributed by atoms with Gasteiger partial charge in [-0.3, -0.25) is 9.48 Å². The number of piperazine rings is 1. The second kappa shape index (κ2) is 11.6. The van der Waals surface area contributed by atoms with Crippen LogP contribution < -0.4 is 10.2 Å². The molecular formula is C27H36F2N8O4. The lowest BCUT2D eigenvalue weighted by molar-refractivity contribution is 0.0240. The van der Waals surface area contributed by atoms with E-state index in [0.29, 0.717) is 32.0 Å². The number of hydrogen-bond donors (Lipinski definition) is 2. The highest BCUT2D eigenvalue weighted by molar-refractivity contribution is 6.08. The summed E-state index contributed by atoms with van der Waals surface area (Å²) in [4.78, 5) is 34.0.